The van der Waals surface area contributed by atoms with Crippen LogP contribution in [0.2, 0.25) is 0 Å². The van der Waals surface area contributed by atoms with E-state index in [1.165, 1.54) is 44.9 Å². The third kappa shape index (κ3) is 6.54. The predicted molar refractivity (Wildman–Crippen MR) is 73.7 cm³/mol. The standard InChI is InChI=1S/C16H26O/c1-2-3-13-16(17)14-11-9-7-5-4-6-8-10-12-15-16/h2,17H,1,4-12,14-15H2. The van der Waals surface area contributed by atoms with Crippen molar-refractivity contribution in [2.45, 2.75) is 76.2 Å². The van der Waals surface area contributed by atoms with Crippen LogP contribution in [0.1, 0.15) is 70.6 Å². The van der Waals surface area contributed by atoms with Gasteiger partial charge in [0.25, 0.3) is 0 Å². The molecule has 0 aromatic heterocycles. The lowest BCUT2D eigenvalue weighted by molar-refractivity contribution is 0.0759. The SMILES string of the molecule is C=CC#CC1(O)CCCCCCCCCCC1. The summed E-state index contributed by atoms with van der Waals surface area (Å²) < 4.78 is 0. The molecule has 0 spiro atoms. The molecule has 1 heteroatoms. The average Bonchev–Trinajstić information content (AvgIpc) is 2.32. The fraction of sp³-hybridized carbons (Fsp3) is 0.750. The van der Waals surface area contributed by atoms with Crippen LogP contribution in [0.3, 0.4) is 0 Å². The van der Waals surface area contributed by atoms with Crippen LogP contribution in [0.5, 0.6) is 0 Å². The molecule has 0 saturated heterocycles. The highest BCUT2D eigenvalue weighted by atomic mass is 16.3. The lowest BCUT2D eigenvalue weighted by atomic mass is 9.89. The van der Waals surface area contributed by atoms with Crippen molar-refractivity contribution in [2.75, 3.05) is 0 Å². The van der Waals surface area contributed by atoms with Gasteiger partial charge in [0.15, 0.2) is 0 Å². The Balaban J connectivity index is 2.50. The van der Waals surface area contributed by atoms with Crippen LogP contribution >= 0.6 is 0 Å². The molecule has 0 amide bonds. The number of rotatable bonds is 0. The van der Waals surface area contributed by atoms with Crippen LogP contribution in [0.25, 0.3) is 0 Å². The third-order valence-corrected chi connectivity index (χ3v) is 3.59. The normalized spacial score (nSPS) is 22.4. The zero-order valence-electron chi connectivity index (χ0n) is 11.0. The molecule has 96 valence electrons. The summed E-state index contributed by atoms with van der Waals surface area (Å²) in [6.07, 6.45) is 14.6. The van der Waals surface area contributed by atoms with Crippen molar-refractivity contribution in [1.29, 1.82) is 0 Å². The van der Waals surface area contributed by atoms with Gasteiger partial charge in [-0.05, 0) is 31.8 Å². The second-order valence-corrected chi connectivity index (χ2v) is 5.19. The summed E-state index contributed by atoms with van der Waals surface area (Å²) in [5.41, 5.74) is -0.757. The maximum Gasteiger partial charge on any atom is 0.125 e. The third-order valence-electron chi connectivity index (χ3n) is 3.59. The van der Waals surface area contributed by atoms with Crippen LogP contribution in [0.4, 0.5) is 0 Å². The van der Waals surface area contributed by atoms with Gasteiger partial charge in [0.05, 0.1) is 0 Å². The molecule has 1 nitrogen and oxygen atoms in total. The molecule has 1 saturated carbocycles. The van der Waals surface area contributed by atoms with Crippen molar-refractivity contribution in [3.63, 3.8) is 0 Å². The van der Waals surface area contributed by atoms with Gasteiger partial charge in [-0.3, -0.25) is 0 Å². The Morgan fingerprint density at radius 2 is 1.24 bits per heavy atom. The van der Waals surface area contributed by atoms with E-state index >= 15 is 0 Å². The molecule has 0 atom stereocenters. The van der Waals surface area contributed by atoms with Crippen molar-refractivity contribution in [3.05, 3.63) is 12.7 Å². The van der Waals surface area contributed by atoms with Crippen LogP contribution in [-0.2, 0) is 0 Å². The number of hydrogen-bond donors (Lipinski definition) is 1. The second-order valence-electron chi connectivity index (χ2n) is 5.19. The summed E-state index contributed by atoms with van der Waals surface area (Å²) in [6, 6.07) is 0. The minimum atomic E-state index is -0.757. The zero-order chi connectivity index (χ0) is 12.4. The molecule has 1 N–H and O–H groups in total. The molecule has 0 unspecified atom stereocenters. The Bertz CT molecular complexity index is 257. The summed E-state index contributed by atoms with van der Waals surface area (Å²) in [5.74, 6) is 5.82. The fourth-order valence-electron chi connectivity index (χ4n) is 2.51. The van der Waals surface area contributed by atoms with Gasteiger partial charge in [-0.25, -0.2) is 0 Å². The highest BCUT2D eigenvalue weighted by Crippen LogP contribution is 2.24. The van der Waals surface area contributed by atoms with Crippen LogP contribution in [-0.4, -0.2) is 10.7 Å². The van der Waals surface area contributed by atoms with E-state index in [1.54, 1.807) is 6.08 Å². The van der Waals surface area contributed by atoms with Gasteiger partial charge in [-0.15, -0.1) is 0 Å². The molecular formula is C16H26O. The number of hydrogen-bond acceptors (Lipinski definition) is 1. The Morgan fingerprint density at radius 3 is 1.65 bits per heavy atom. The monoisotopic (exact) mass is 234 g/mol. The molecule has 0 aromatic rings. The lowest BCUT2D eigenvalue weighted by Gasteiger charge is -2.22. The van der Waals surface area contributed by atoms with Crippen LogP contribution in [0.15, 0.2) is 12.7 Å². The molecule has 0 aromatic carbocycles. The first-order valence-electron chi connectivity index (χ1n) is 7.13. The summed E-state index contributed by atoms with van der Waals surface area (Å²) in [5, 5.41) is 10.5. The lowest BCUT2D eigenvalue weighted by Crippen LogP contribution is -2.26. The molecular weight excluding hydrogens is 208 g/mol. The van der Waals surface area contributed by atoms with Gasteiger partial charge >= 0.3 is 0 Å². The average molecular weight is 234 g/mol. The molecule has 0 bridgehead atoms. The number of aliphatic hydroxyl groups is 1. The van der Waals surface area contributed by atoms with Gasteiger partial charge in [0.1, 0.15) is 5.60 Å². The second kappa shape index (κ2) is 8.37. The largest absolute Gasteiger partial charge is 0.378 e. The first-order chi connectivity index (χ1) is 8.27. The maximum absolute atomic E-state index is 10.5. The summed E-state index contributed by atoms with van der Waals surface area (Å²) in [4.78, 5) is 0. The van der Waals surface area contributed by atoms with E-state index in [1.807, 2.05) is 0 Å². The van der Waals surface area contributed by atoms with Crippen molar-refractivity contribution in [3.8, 4) is 11.8 Å². The number of allylic oxidation sites excluding steroid dienone is 1. The highest BCUT2D eigenvalue weighted by Gasteiger charge is 2.23. The molecule has 0 aliphatic heterocycles. The summed E-state index contributed by atoms with van der Waals surface area (Å²) in [6.45, 7) is 3.59. The molecule has 1 fully saturated rings. The van der Waals surface area contributed by atoms with Crippen molar-refractivity contribution in [1.82, 2.24) is 0 Å². The molecule has 0 heterocycles. The zero-order valence-corrected chi connectivity index (χ0v) is 11.0. The molecule has 17 heavy (non-hydrogen) atoms. The van der Waals surface area contributed by atoms with Gasteiger partial charge in [0.2, 0.25) is 0 Å². The topological polar surface area (TPSA) is 20.2 Å². The predicted octanol–water partition coefficient (Wildman–Crippen LogP) is 4.21. The smallest absolute Gasteiger partial charge is 0.125 e. The Labute approximate surface area is 106 Å². The highest BCUT2D eigenvalue weighted by molar-refractivity contribution is 5.20. The Kier molecular flexibility index (Phi) is 7.05. The van der Waals surface area contributed by atoms with Gasteiger partial charge in [-0.1, -0.05) is 63.4 Å². The minimum absolute atomic E-state index is 0.757. The van der Waals surface area contributed by atoms with E-state index < -0.39 is 5.60 Å². The van der Waals surface area contributed by atoms with Gasteiger partial charge < -0.3 is 5.11 Å². The Hall–Kier alpha value is -0.740. The minimum Gasteiger partial charge on any atom is -0.378 e. The Morgan fingerprint density at radius 1 is 0.824 bits per heavy atom. The molecule has 1 aliphatic carbocycles. The van der Waals surface area contributed by atoms with E-state index in [0.29, 0.717) is 0 Å². The molecule has 1 aliphatic rings. The van der Waals surface area contributed by atoms with E-state index in [4.69, 9.17) is 0 Å². The van der Waals surface area contributed by atoms with Crippen molar-refractivity contribution < 1.29 is 5.11 Å². The van der Waals surface area contributed by atoms with Crippen LogP contribution in [0, 0.1) is 11.8 Å². The van der Waals surface area contributed by atoms with E-state index in [9.17, 15) is 5.11 Å². The van der Waals surface area contributed by atoms with Gasteiger partial charge in [-0.2, -0.15) is 0 Å². The quantitative estimate of drug-likeness (QED) is 0.622. The van der Waals surface area contributed by atoms with E-state index in [2.05, 4.69) is 18.4 Å². The molecule has 1 rings (SSSR count). The summed E-state index contributed by atoms with van der Waals surface area (Å²) in [7, 11) is 0. The first kappa shape index (κ1) is 14.3. The van der Waals surface area contributed by atoms with Crippen LogP contribution < -0.4 is 0 Å². The van der Waals surface area contributed by atoms with Crippen molar-refractivity contribution >= 4 is 0 Å². The fourth-order valence-corrected chi connectivity index (χ4v) is 2.51. The van der Waals surface area contributed by atoms with E-state index in [0.717, 1.165) is 25.7 Å². The van der Waals surface area contributed by atoms with Crippen molar-refractivity contribution in [2.24, 2.45) is 0 Å². The maximum atomic E-state index is 10.5. The van der Waals surface area contributed by atoms with Gasteiger partial charge in [0, 0.05) is 0 Å². The van der Waals surface area contributed by atoms with E-state index in [-0.39, 0.29) is 0 Å². The first-order valence-corrected chi connectivity index (χ1v) is 7.13. The molecule has 0 radical (unpaired) electrons. The summed E-state index contributed by atoms with van der Waals surface area (Å²) >= 11 is 0.